The van der Waals surface area contributed by atoms with Gasteiger partial charge in [0.05, 0.1) is 24.5 Å². The molecule has 2 heterocycles. The topological polar surface area (TPSA) is 69.7 Å². The largest absolute Gasteiger partial charge is 0.573 e. The zero-order valence-corrected chi connectivity index (χ0v) is 13.5. The minimum Gasteiger partial charge on any atom is -0.472 e. The van der Waals surface area contributed by atoms with Crippen molar-refractivity contribution < 1.29 is 32.2 Å². The molecule has 26 heavy (non-hydrogen) atoms. The number of pyridine rings is 1. The van der Waals surface area contributed by atoms with Gasteiger partial charge < -0.3 is 19.5 Å². The Morgan fingerprint density at radius 1 is 1.23 bits per heavy atom. The standard InChI is InChI=1S/C17H15F3N2O4/c18-17(19,20)26-14-4-2-1-3-13(14)22-16(23)11-5-6-15(21-9-11)25-12-7-8-24-10-12/h1-6,9,12H,7-8,10H2,(H,22,23). The molecule has 1 aromatic heterocycles. The van der Waals surface area contributed by atoms with E-state index < -0.39 is 18.0 Å². The van der Waals surface area contributed by atoms with E-state index in [-0.39, 0.29) is 17.4 Å². The van der Waals surface area contributed by atoms with Crippen LogP contribution in [-0.2, 0) is 4.74 Å². The number of rotatable bonds is 5. The average Bonchev–Trinajstić information content (AvgIpc) is 3.09. The van der Waals surface area contributed by atoms with Crippen LogP contribution < -0.4 is 14.8 Å². The van der Waals surface area contributed by atoms with E-state index in [1.807, 2.05) is 0 Å². The molecule has 1 aromatic carbocycles. The van der Waals surface area contributed by atoms with Crippen LogP contribution in [0.2, 0.25) is 0 Å². The molecule has 1 atom stereocenters. The summed E-state index contributed by atoms with van der Waals surface area (Å²) in [5.41, 5.74) is 0.0695. The highest BCUT2D eigenvalue weighted by Gasteiger charge is 2.32. The average molecular weight is 368 g/mol. The minimum absolute atomic E-state index is 0.0754. The highest BCUT2D eigenvalue weighted by Crippen LogP contribution is 2.30. The van der Waals surface area contributed by atoms with Crippen LogP contribution >= 0.6 is 0 Å². The number of carbonyl (C=O) groups excluding carboxylic acids is 1. The van der Waals surface area contributed by atoms with E-state index >= 15 is 0 Å². The van der Waals surface area contributed by atoms with Gasteiger partial charge in [-0.2, -0.15) is 0 Å². The number of amides is 1. The second-order valence-electron chi connectivity index (χ2n) is 5.49. The molecular formula is C17H15F3N2O4. The molecule has 1 N–H and O–H groups in total. The summed E-state index contributed by atoms with van der Waals surface area (Å²) in [4.78, 5) is 16.3. The van der Waals surface area contributed by atoms with Crippen molar-refractivity contribution >= 4 is 11.6 Å². The molecule has 138 valence electrons. The molecule has 0 aliphatic carbocycles. The molecule has 1 fully saturated rings. The minimum atomic E-state index is -4.86. The fourth-order valence-corrected chi connectivity index (χ4v) is 2.34. The normalized spacial score (nSPS) is 17.0. The second-order valence-corrected chi connectivity index (χ2v) is 5.49. The third kappa shape index (κ3) is 4.85. The third-order valence-electron chi connectivity index (χ3n) is 3.53. The number of ether oxygens (including phenoxy) is 3. The van der Waals surface area contributed by atoms with Crippen LogP contribution in [0.5, 0.6) is 11.6 Å². The summed E-state index contributed by atoms with van der Waals surface area (Å²) in [5.74, 6) is -0.771. The monoisotopic (exact) mass is 368 g/mol. The number of para-hydroxylation sites is 2. The van der Waals surface area contributed by atoms with Crippen molar-refractivity contribution in [2.24, 2.45) is 0 Å². The fraction of sp³-hybridized carbons (Fsp3) is 0.294. The highest BCUT2D eigenvalue weighted by atomic mass is 19.4. The van der Waals surface area contributed by atoms with Crippen LogP contribution in [0.1, 0.15) is 16.8 Å². The van der Waals surface area contributed by atoms with Crippen molar-refractivity contribution in [1.29, 1.82) is 0 Å². The van der Waals surface area contributed by atoms with Gasteiger partial charge in [-0.15, -0.1) is 13.2 Å². The molecular weight excluding hydrogens is 353 g/mol. The Morgan fingerprint density at radius 3 is 2.69 bits per heavy atom. The summed E-state index contributed by atoms with van der Waals surface area (Å²) in [5, 5.41) is 2.38. The predicted octanol–water partition coefficient (Wildman–Crippen LogP) is 3.40. The van der Waals surface area contributed by atoms with E-state index in [1.165, 1.54) is 36.5 Å². The lowest BCUT2D eigenvalue weighted by molar-refractivity contribution is -0.274. The van der Waals surface area contributed by atoms with Crippen LogP contribution in [0.25, 0.3) is 0 Å². The maximum atomic E-state index is 12.4. The maximum Gasteiger partial charge on any atom is 0.573 e. The summed E-state index contributed by atoms with van der Waals surface area (Å²) >= 11 is 0. The van der Waals surface area contributed by atoms with Crippen molar-refractivity contribution in [1.82, 2.24) is 4.98 Å². The second kappa shape index (κ2) is 7.61. The van der Waals surface area contributed by atoms with Gasteiger partial charge in [-0.3, -0.25) is 4.79 Å². The first-order valence-corrected chi connectivity index (χ1v) is 7.77. The number of anilines is 1. The molecule has 3 rings (SSSR count). The van der Waals surface area contributed by atoms with Gasteiger partial charge in [-0.1, -0.05) is 12.1 Å². The molecule has 1 amide bonds. The molecule has 1 aliphatic rings. The van der Waals surface area contributed by atoms with E-state index in [2.05, 4.69) is 15.0 Å². The van der Waals surface area contributed by atoms with Crippen LogP contribution in [0.3, 0.4) is 0 Å². The smallest absolute Gasteiger partial charge is 0.472 e. The number of benzene rings is 1. The Bertz CT molecular complexity index is 759. The molecule has 9 heteroatoms. The number of hydrogen-bond acceptors (Lipinski definition) is 5. The first-order chi connectivity index (χ1) is 12.4. The summed E-state index contributed by atoms with van der Waals surface area (Å²) in [6.45, 7) is 1.12. The molecule has 1 unspecified atom stereocenters. The Labute approximate surface area is 146 Å². The zero-order chi connectivity index (χ0) is 18.6. The Kier molecular flexibility index (Phi) is 5.27. The van der Waals surface area contributed by atoms with E-state index in [4.69, 9.17) is 9.47 Å². The number of nitrogens with one attached hydrogen (secondary N) is 1. The van der Waals surface area contributed by atoms with Crippen molar-refractivity contribution in [3.05, 3.63) is 48.2 Å². The van der Waals surface area contributed by atoms with Crippen molar-refractivity contribution in [3.8, 4) is 11.6 Å². The lowest BCUT2D eigenvalue weighted by Crippen LogP contribution is -2.20. The first-order valence-electron chi connectivity index (χ1n) is 7.77. The summed E-state index contributed by atoms with van der Waals surface area (Å²) in [7, 11) is 0. The molecule has 1 aliphatic heterocycles. The number of hydrogen-bond donors (Lipinski definition) is 1. The van der Waals surface area contributed by atoms with Gasteiger partial charge in [0.25, 0.3) is 5.91 Å². The Balaban J connectivity index is 1.66. The number of carbonyl (C=O) groups is 1. The lowest BCUT2D eigenvalue weighted by atomic mass is 10.2. The molecule has 0 bridgehead atoms. The van der Waals surface area contributed by atoms with Crippen molar-refractivity contribution in [2.45, 2.75) is 18.9 Å². The van der Waals surface area contributed by atoms with Crippen LogP contribution in [0.15, 0.2) is 42.6 Å². The Hall–Kier alpha value is -2.81. The molecule has 1 saturated heterocycles. The van der Waals surface area contributed by atoms with E-state index in [0.717, 1.165) is 12.5 Å². The highest BCUT2D eigenvalue weighted by molar-refractivity contribution is 6.04. The van der Waals surface area contributed by atoms with Gasteiger partial charge >= 0.3 is 6.36 Å². The van der Waals surface area contributed by atoms with E-state index in [0.29, 0.717) is 19.1 Å². The number of nitrogens with zero attached hydrogens (tertiary/aromatic N) is 1. The van der Waals surface area contributed by atoms with E-state index in [9.17, 15) is 18.0 Å². The molecule has 0 radical (unpaired) electrons. The molecule has 0 saturated carbocycles. The van der Waals surface area contributed by atoms with Gasteiger partial charge in [0.1, 0.15) is 6.10 Å². The molecule has 0 spiro atoms. The van der Waals surface area contributed by atoms with Gasteiger partial charge in [-0.25, -0.2) is 4.98 Å². The number of aromatic nitrogens is 1. The van der Waals surface area contributed by atoms with Gasteiger partial charge in [-0.05, 0) is 18.2 Å². The zero-order valence-electron chi connectivity index (χ0n) is 13.5. The quantitative estimate of drug-likeness (QED) is 0.876. The van der Waals surface area contributed by atoms with Gasteiger partial charge in [0.15, 0.2) is 5.75 Å². The fourth-order valence-electron chi connectivity index (χ4n) is 2.34. The maximum absolute atomic E-state index is 12.4. The third-order valence-corrected chi connectivity index (χ3v) is 3.53. The summed E-state index contributed by atoms with van der Waals surface area (Å²) < 4.78 is 52.0. The van der Waals surface area contributed by atoms with Gasteiger partial charge in [0, 0.05) is 18.7 Å². The van der Waals surface area contributed by atoms with Crippen LogP contribution in [-0.4, -0.2) is 36.6 Å². The molecule has 2 aromatic rings. The SMILES string of the molecule is O=C(Nc1ccccc1OC(F)(F)F)c1ccc(OC2CCOC2)nc1. The van der Waals surface area contributed by atoms with Crippen molar-refractivity contribution in [3.63, 3.8) is 0 Å². The van der Waals surface area contributed by atoms with Crippen molar-refractivity contribution in [2.75, 3.05) is 18.5 Å². The number of alkyl halides is 3. The Morgan fingerprint density at radius 2 is 2.04 bits per heavy atom. The molecule has 6 nitrogen and oxygen atoms in total. The lowest BCUT2D eigenvalue weighted by Gasteiger charge is -2.14. The van der Waals surface area contributed by atoms with Gasteiger partial charge in [0.2, 0.25) is 5.88 Å². The summed E-state index contributed by atoms with van der Waals surface area (Å²) in [6, 6.07) is 8.27. The summed E-state index contributed by atoms with van der Waals surface area (Å²) in [6.07, 6.45) is -2.88. The first kappa shape index (κ1) is 18.0. The van der Waals surface area contributed by atoms with Crippen LogP contribution in [0.4, 0.5) is 18.9 Å². The number of halogens is 3. The van der Waals surface area contributed by atoms with Crippen LogP contribution in [0, 0.1) is 0 Å². The predicted molar refractivity (Wildman–Crippen MR) is 85.2 cm³/mol. The van der Waals surface area contributed by atoms with E-state index in [1.54, 1.807) is 0 Å².